The van der Waals surface area contributed by atoms with Crippen LogP contribution in [0, 0.1) is 0 Å². The van der Waals surface area contributed by atoms with Gasteiger partial charge < -0.3 is 14.8 Å². The van der Waals surface area contributed by atoms with Crippen molar-refractivity contribution in [1.29, 1.82) is 0 Å². The number of benzene rings is 3. The first-order valence-corrected chi connectivity index (χ1v) is 12.4. The van der Waals surface area contributed by atoms with Gasteiger partial charge in [-0.2, -0.15) is 0 Å². The van der Waals surface area contributed by atoms with E-state index in [9.17, 15) is 14.4 Å². The fourth-order valence-electron chi connectivity index (χ4n) is 4.40. The summed E-state index contributed by atoms with van der Waals surface area (Å²) in [5, 5.41) is 3.19. The second-order valence-corrected chi connectivity index (χ2v) is 8.92. The van der Waals surface area contributed by atoms with Gasteiger partial charge in [-0.3, -0.25) is 14.2 Å². The zero-order valence-electron chi connectivity index (χ0n) is 20.3. The van der Waals surface area contributed by atoms with E-state index in [-0.39, 0.29) is 11.1 Å². The number of anilines is 1. The molecule has 0 saturated carbocycles. The van der Waals surface area contributed by atoms with E-state index >= 15 is 0 Å². The number of para-hydroxylation sites is 3. The highest BCUT2D eigenvalue weighted by molar-refractivity contribution is 5.98. The van der Waals surface area contributed by atoms with E-state index in [0.717, 1.165) is 37.9 Å². The lowest BCUT2D eigenvalue weighted by molar-refractivity contribution is -0.119. The van der Waals surface area contributed by atoms with Gasteiger partial charge in [-0.1, -0.05) is 43.2 Å². The SMILES string of the molecule is O=C(COC(=O)c1ccc2c(=O)n3c(nc2c1)CCCCCC3)Nc1ccccc1Oc1ccccc1. The van der Waals surface area contributed by atoms with Gasteiger partial charge in [-0.05, 0) is 55.3 Å². The van der Waals surface area contributed by atoms with Crippen molar-refractivity contribution in [1.82, 2.24) is 9.55 Å². The molecule has 37 heavy (non-hydrogen) atoms. The van der Waals surface area contributed by atoms with Gasteiger partial charge in [-0.25, -0.2) is 9.78 Å². The monoisotopic (exact) mass is 497 g/mol. The topological polar surface area (TPSA) is 99.5 Å². The number of fused-ring (bicyclic) bond motifs is 2. The molecule has 1 aliphatic rings. The number of aromatic nitrogens is 2. The van der Waals surface area contributed by atoms with Crippen LogP contribution >= 0.6 is 0 Å². The molecular formula is C29H27N3O5. The molecule has 0 fully saturated rings. The lowest BCUT2D eigenvalue weighted by Gasteiger charge is -2.16. The Morgan fingerprint density at radius 2 is 1.70 bits per heavy atom. The first kappa shape index (κ1) is 24.2. The van der Waals surface area contributed by atoms with Crippen molar-refractivity contribution >= 4 is 28.5 Å². The van der Waals surface area contributed by atoms with Crippen LogP contribution in [0.2, 0.25) is 0 Å². The maximum atomic E-state index is 13.0. The van der Waals surface area contributed by atoms with Crippen LogP contribution in [0.3, 0.4) is 0 Å². The molecule has 0 atom stereocenters. The van der Waals surface area contributed by atoms with Crippen molar-refractivity contribution in [3.05, 3.63) is 94.5 Å². The lowest BCUT2D eigenvalue weighted by Crippen LogP contribution is -2.26. The molecule has 0 spiro atoms. The molecule has 0 bridgehead atoms. The van der Waals surface area contributed by atoms with Crippen LogP contribution in [0.15, 0.2) is 77.6 Å². The molecule has 1 aliphatic heterocycles. The number of ether oxygens (including phenoxy) is 2. The number of aryl methyl sites for hydroxylation is 1. The summed E-state index contributed by atoms with van der Waals surface area (Å²) in [5.74, 6) is 0.678. The number of nitrogens with one attached hydrogen (secondary N) is 1. The number of hydrogen-bond donors (Lipinski definition) is 1. The minimum atomic E-state index is -0.667. The molecule has 5 rings (SSSR count). The fraction of sp³-hybridized carbons (Fsp3) is 0.241. The van der Waals surface area contributed by atoms with E-state index in [4.69, 9.17) is 9.47 Å². The largest absolute Gasteiger partial charge is 0.455 e. The van der Waals surface area contributed by atoms with Crippen molar-refractivity contribution in [3.63, 3.8) is 0 Å². The van der Waals surface area contributed by atoms with E-state index in [1.165, 1.54) is 6.07 Å². The summed E-state index contributed by atoms with van der Waals surface area (Å²) in [7, 11) is 0. The zero-order valence-corrected chi connectivity index (χ0v) is 20.3. The maximum Gasteiger partial charge on any atom is 0.338 e. The molecule has 8 heteroatoms. The highest BCUT2D eigenvalue weighted by Crippen LogP contribution is 2.29. The van der Waals surface area contributed by atoms with Gasteiger partial charge in [0.1, 0.15) is 11.6 Å². The smallest absolute Gasteiger partial charge is 0.338 e. The second kappa shape index (κ2) is 11.1. The predicted octanol–water partition coefficient (Wildman–Crippen LogP) is 5.10. The zero-order chi connectivity index (χ0) is 25.6. The van der Waals surface area contributed by atoms with Crippen LogP contribution in [0.4, 0.5) is 5.69 Å². The Labute approximate surface area is 213 Å². The average Bonchev–Trinajstić information content (AvgIpc) is 2.90. The van der Waals surface area contributed by atoms with E-state index in [0.29, 0.717) is 34.6 Å². The summed E-state index contributed by atoms with van der Waals surface area (Å²) in [6, 6.07) is 20.9. The Balaban J connectivity index is 1.26. The number of carbonyl (C=O) groups is 2. The number of hydrogen-bond acceptors (Lipinski definition) is 6. The number of carbonyl (C=O) groups excluding carboxylic acids is 2. The third kappa shape index (κ3) is 5.69. The standard InChI is InChI=1S/C29H27N3O5/c33-27(31-23-12-7-8-13-25(23)37-21-10-4-3-5-11-21)19-36-29(35)20-15-16-22-24(18-20)30-26-14-6-1-2-9-17-32(26)28(22)34/h3-5,7-8,10-13,15-16,18H,1-2,6,9,14,17,19H2,(H,31,33). The first-order chi connectivity index (χ1) is 18.1. The van der Waals surface area contributed by atoms with Crippen molar-refractivity contribution in [2.75, 3.05) is 11.9 Å². The molecule has 1 amide bonds. The van der Waals surface area contributed by atoms with Gasteiger partial charge in [0.2, 0.25) is 0 Å². The minimum Gasteiger partial charge on any atom is -0.455 e. The average molecular weight is 498 g/mol. The van der Waals surface area contributed by atoms with Crippen molar-refractivity contribution in [3.8, 4) is 11.5 Å². The number of nitrogens with zero attached hydrogens (tertiary/aromatic N) is 2. The van der Waals surface area contributed by atoms with Crippen molar-refractivity contribution in [2.45, 2.75) is 38.6 Å². The number of rotatable bonds is 6. The van der Waals surface area contributed by atoms with Gasteiger partial charge in [0.15, 0.2) is 12.4 Å². The Morgan fingerprint density at radius 1 is 0.919 bits per heavy atom. The molecule has 0 saturated heterocycles. The van der Waals surface area contributed by atoms with Crippen LogP contribution < -0.4 is 15.6 Å². The fourth-order valence-corrected chi connectivity index (χ4v) is 4.40. The normalized spacial score (nSPS) is 13.2. The van der Waals surface area contributed by atoms with Crippen LogP contribution in [0.25, 0.3) is 10.9 Å². The van der Waals surface area contributed by atoms with Crippen LogP contribution in [-0.4, -0.2) is 28.0 Å². The first-order valence-electron chi connectivity index (χ1n) is 12.4. The molecule has 0 aliphatic carbocycles. The summed E-state index contributed by atoms with van der Waals surface area (Å²) in [5.41, 5.74) is 1.07. The molecule has 0 radical (unpaired) electrons. The van der Waals surface area contributed by atoms with Crippen LogP contribution in [-0.2, 0) is 22.5 Å². The Hall–Kier alpha value is -4.46. The van der Waals surface area contributed by atoms with E-state index in [2.05, 4.69) is 10.3 Å². The Morgan fingerprint density at radius 3 is 2.57 bits per heavy atom. The molecule has 3 aromatic carbocycles. The van der Waals surface area contributed by atoms with Crippen LogP contribution in [0.1, 0.15) is 41.9 Å². The minimum absolute atomic E-state index is 0.0856. The summed E-state index contributed by atoms with van der Waals surface area (Å²) < 4.78 is 12.9. The maximum absolute atomic E-state index is 13.0. The highest BCUT2D eigenvalue weighted by Gasteiger charge is 2.17. The van der Waals surface area contributed by atoms with Crippen molar-refractivity contribution in [2.24, 2.45) is 0 Å². The molecule has 4 aromatic rings. The van der Waals surface area contributed by atoms with Crippen molar-refractivity contribution < 1.29 is 19.1 Å². The molecular weight excluding hydrogens is 470 g/mol. The third-order valence-electron chi connectivity index (χ3n) is 6.27. The summed E-state index contributed by atoms with van der Waals surface area (Å²) in [6.07, 6.45) is 4.89. The Kier molecular flexibility index (Phi) is 7.26. The molecule has 1 N–H and O–H groups in total. The molecule has 0 unspecified atom stereocenters. The quantitative estimate of drug-likeness (QED) is 0.372. The second-order valence-electron chi connectivity index (χ2n) is 8.92. The lowest BCUT2D eigenvalue weighted by atomic mass is 10.1. The summed E-state index contributed by atoms with van der Waals surface area (Å²) in [4.78, 5) is 42.9. The predicted molar refractivity (Wildman–Crippen MR) is 140 cm³/mol. The molecule has 2 heterocycles. The van der Waals surface area contributed by atoms with E-state index < -0.39 is 18.5 Å². The summed E-state index contributed by atoms with van der Waals surface area (Å²) >= 11 is 0. The Bertz CT molecular complexity index is 1500. The number of esters is 1. The third-order valence-corrected chi connectivity index (χ3v) is 6.27. The van der Waals surface area contributed by atoms with Gasteiger partial charge in [0.25, 0.3) is 11.5 Å². The van der Waals surface area contributed by atoms with E-state index in [1.807, 2.05) is 30.3 Å². The van der Waals surface area contributed by atoms with Gasteiger partial charge >= 0.3 is 5.97 Å². The van der Waals surface area contributed by atoms with Gasteiger partial charge in [0, 0.05) is 13.0 Å². The molecule has 1 aromatic heterocycles. The van der Waals surface area contributed by atoms with Crippen LogP contribution in [0.5, 0.6) is 11.5 Å². The molecule has 8 nitrogen and oxygen atoms in total. The highest BCUT2D eigenvalue weighted by atomic mass is 16.5. The van der Waals surface area contributed by atoms with Gasteiger partial charge in [0.05, 0.1) is 22.2 Å². The molecule has 188 valence electrons. The summed E-state index contributed by atoms with van der Waals surface area (Å²) in [6.45, 7) is 0.187. The van der Waals surface area contributed by atoms with Gasteiger partial charge in [-0.15, -0.1) is 0 Å². The van der Waals surface area contributed by atoms with E-state index in [1.54, 1.807) is 41.0 Å². The number of amides is 1.